The average Bonchev–Trinajstić information content (AvgIpc) is 3.00. The molecule has 3 rings (SSSR count). The maximum absolute atomic E-state index is 12.7. The normalized spacial score (nSPS) is 41.5. The molecule has 2 aliphatic heterocycles. The molecule has 2 unspecified atom stereocenters. The summed E-state index contributed by atoms with van der Waals surface area (Å²) >= 11 is 0. The van der Waals surface area contributed by atoms with Crippen molar-refractivity contribution < 1.29 is 28.6 Å². The highest BCUT2D eigenvalue weighted by Crippen LogP contribution is 2.58. The minimum atomic E-state index is -0.925. The molecule has 3 aliphatic rings. The van der Waals surface area contributed by atoms with E-state index in [1.165, 1.54) is 13.8 Å². The first kappa shape index (κ1) is 23.0. The molecule has 0 spiro atoms. The second-order valence-electron chi connectivity index (χ2n) is 10.2. The number of ether oxygens (including phenoxy) is 3. The summed E-state index contributed by atoms with van der Waals surface area (Å²) in [4.78, 5) is 36.7. The van der Waals surface area contributed by atoms with Crippen molar-refractivity contribution in [3.8, 4) is 0 Å². The predicted octanol–water partition coefficient (Wildman–Crippen LogP) is 4.01. The highest BCUT2D eigenvalue weighted by Gasteiger charge is 2.64. The molecule has 1 aliphatic carbocycles. The lowest BCUT2D eigenvalue weighted by atomic mass is 9.57. The summed E-state index contributed by atoms with van der Waals surface area (Å²) < 4.78 is 18.4. The fraction of sp³-hybridized carbons (Fsp3) is 0.792. The zero-order valence-electron chi connectivity index (χ0n) is 19.2. The molecule has 3 fully saturated rings. The van der Waals surface area contributed by atoms with Gasteiger partial charge in [-0.1, -0.05) is 20.4 Å². The number of rotatable bonds is 3. The van der Waals surface area contributed by atoms with Crippen LogP contribution in [0.2, 0.25) is 0 Å². The van der Waals surface area contributed by atoms with Crippen molar-refractivity contribution in [1.82, 2.24) is 0 Å². The summed E-state index contributed by atoms with van der Waals surface area (Å²) in [5.74, 6) is -0.0158. The summed E-state index contributed by atoms with van der Waals surface area (Å²) in [7, 11) is 0. The van der Waals surface area contributed by atoms with Gasteiger partial charge in [0, 0.05) is 38.5 Å². The molecule has 7 atom stereocenters. The first-order valence-corrected chi connectivity index (χ1v) is 11.1. The minimum Gasteiger partial charge on any atom is -0.459 e. The monoisotopic (exact) mass is 420 g/mol. The molecular weight excluding hydrogens is 384 g/mol. The van der Waals surface area contributed by atoms with Gasteiger partial charge in [-0.3, -0.25) is 14.4 Å². The zero-order valence-corrected chi connectivity index (χ0v) is 19.2. The Bertz CT molecular complexity index is 742. The van der Waals surface area contributed by atoms with Crippen LogP contribution >= 0.6 is 0 Å². The number of carbonyl (C=O) groups is 3. The topological polar surface area (TPSA) is 78.9 Å². The molecule has 6 heteroatoms. The van der Waals surface area contributed by atoms with Crippen molar-refractivity contribution in [2.75, 3.05) is 0 Å². The van der Waals surface area contributed by atoms with E-state index in [9.17, 15) is 14.4 Å². The Morgan fingerprint density at radius 3 is 2.27 bits per heavy atom. The Morgan fingerprint density at radius 2 is 1.70 bits per heavy atom. The van der Waals surface area contributed by atoms with Gasteiger partial charge in [-0.2, -0.15) is 0 Å². The van der Waals surface area contributed by atoms with Crippen molar-refractivity contribution >= 4 is 17.7 Å². The van der Waals surface area contributed by atoms with Crippen LogP contribution in [0.3, 0.4) is 0 Å². The van der Waals surface area contributed by atoms with E-state index in [4.69, 9.17) is 14.2 Å². The first-order chi connectivity index (χ1) is 13.9. The molecule has 30 heavy (non-hydrogen) atoms. The van der Waals surface area contributed by atoms with Crippen LogP contribution in [-0.4, -0.2) is 41.1 Å². The molecule has 0 radical (unpaired) electrons. The summed E-state index contributed by atoms with van der Waals surface area (Å²) in [5, 5.41) is 0. The van der Waals surface area contributed by atoms with Crippen LogP contribution in [0.15, 0.2) is 12.2 Å². The largest absolute Gasteiger partial charge is 0.459 e. The third-order valence-electron chi connectivity index (χ3n) is 7.56. The number of ketones is 1. The van der Waals surface area contributed by atoms with E-state index in [0.29, 0.717) is 30.3 Å². The Balaban J connectivity index is 2.13. The third kappa shape index (κ3) is 4.08. The summed E-state index contributed by atoms with van der Waals surface area (Å²) in [6.07, 6.45) is 2.06. The van der Waals surface area contributed by atoms with Crippen LogP contribution in [-0.2, 0) is 28.6 Å². The summed E-state index contributed by atoms with van der Waals surface area (Å²) in [6, 6.07) is 0. The zero-order chi connectivity index (χ0) is 22.4. The Morgan fingerprint density at radius 1 is 1.10 bits per heavy atom. The molecule has 168 valence electrons. The van der Waals surface area contributed by atoms with Crippen molar-refractivity contribution in [2.45, 2.75) is 97.1 Å². The summed E-state index contributed by atoms with van der Waals surface area (Å²) in [6.45, 7) is 15.1. The molecule has 0 aromatic rings. The lowest BCUT2D eigenvalue weighted by Crippen LogP contribution is -2.56. The maximum atomic E-state index is 12.7. The van der Waals surface area contributed by atoms with E-state index >= 15 is 0 Å². The third-order valence-corrected chi connectivity index (χ3v) is 7.56. The number of esters is 2. The maximum Gasteiger partial charge on any atom is 0.303 e. The Kier molecular flexibility index (Phi) is 6.21. The quantitative estimate of drug-likeness (QED) is 0.507. The number of Topliss-reactive ketones (excluding diaryl/α,β-unsaturated/α-hetero) is 1. The fourth-order valence-corrected chi connectivity index (χ4v) is 6.33. The lowest BCUT2D eigenvalue weighted by Gasteiger charge is -2.50. The van der Waals surface area contributed by atoms with Gasteiger partial charge in [-0.25, -0.2) is 0 Å². The molecular formula is C24H36O6. The van der Waals surface area contributed by atoms with E-state index < -0.39 is 11.2 Å². The SMILES string of the molecule is C=C1CC2OC([C@@H]3[C@@H](C(C)C)CC[C@@](C)(OC(C)=O)[C@H]23)[C@](C)(OC(C)=O)CCC1=O. The van der Waals surface area contributed by atoms with E-state index in [1.54, 1.807) is 0 Å². The predicted molar refractivity (Wildman–Crippen MR) is 112 cm³/mol. The Labute approximate surface area is 179 Å². The number of fused-ring (bicyclic) bond motifs is 5. The van der Waals surface area contributed by atoms with Crippen molar-refractivity contribution in [2.24, 2.45) is 23.7 Å². The van der Waals surface area contributed by atoms with Gasteiger partial charge in [0.1, 0.15) is 17.3 Å². The Hall–Kier alpha value is -1.69. The van der Waals surface area contributed by atoms with Gasteiger partial charge in [0.15, 0.2) is 5.78 Å². The smallest absolute Gasteiger partial charge is 0.303 e. The van der Waals surface area contributed by atoms with Crippen LogP contribution < -0.4 is 0 Å². The van der Waals surface area contributed by atoms with E-state index in [2.05, 4.69) is 20.4 Å². The second-order valence-corrected chi connectivity index (χ2v) is 10.2. The van der Waals surface area contributed by atoms with Crippen LogP contribution in [0.4, 0.5) is 0 Å². The highest BCUT2D eigenvalue weighted by atomic mass is 16.6. The standard InChI is InChI=1S/C24H36O6/c1-13(2)17-8-10-23(6,29-15(4)25)21-19-12-14(3)18(27)9-11-24(7,30-16(5)26)22(28-19)20(17)21/h13,17,19-22H,3,8-12H2,1-2,4-7H3/t17-,19?,20-,21-,22?,23-,24-/m1/s1. The van der Waals surface area contributed by atoms with Crippen LogP contribution in [0.5, 0.6) is 0 Å². The van der Waals surface area contributed by atoms with Gasteiger partial charge in [0.25, 0.3) is 0 Å². The second kappa shape index (κ2) is 8.10. The van der Waals surface area contributed by atoms with Gasteiger partial charge < -0.3 is 14.2 Å². The molecule has 0 aromatic carbocycles. The first-order valence-electron chi connectivity index (χ1n) is 11.1. The molecule has 2 heterocycles. The molecule has 1 saturated carbocycles. The van der Waals surface area contributed by atoms with E-state index in [1.807, 2.05) is 13.8 Å². The van der Waals surface area contributed by atoms with Crippen LogP contribution in [0.1, 0.15) is 73.6 Å². The van der Waals surface area contributed by atoms with E-state index in [0.717, 1.165) is 12.8 Å². The number of hydrogen-bond donors (Lipinski definition) is 0. The van der Waals surface area contributed by atoms with Crippen molar-refractivity contribution in [3.63, 3.8) is 0 Å². The lowest BCUT2D eigenvalue weighted by molar-refractivity contribution is -0.181. The van der Waals surface area contributed by atoms with Crippen LogP contribution in [0, 0.1) is 23.7 Å². The van der Waals surface area contributed by atoms with Gasteiger partial charge >= 0.3 is 11.9 Å². The molecule has 0 N–H and O–H groups in total. The molecule has 0 amide bonds. The van der Waals surface area contributed by atoms with Gasteiger partial charge in [0.05, 0.1) is 6.10 Å². The van der Waals surface area contributed by atoms with Gasteiger partial charge in [0.2, 0.25) is 0 Å². The van der Waals surface area contributed by atoms with Gasteiger partial charge in [-0.05, 0) is 50.5 Å². The number of hydrogen-bond acceptors (Lipinski definition) is 6. The average molecular weight is 421 g/mol. The highest BCUT2D eigenvalue weighted by molar-refractivity contribution is 5.94. The van der Waals surface area contributed by atoms with Crippen molar-refractivity contribution in [1.29, 1.82) is 0 Å². The van der Waals surface area contributed by atoms with Gasteiger partial charge in [-0.15, -0.1) is 0 Å². The molecule has 2 bridgehead atoms. The van der Waals surface area contributed by atoms with E-state index in [-0.39, 0.29) is 48.2 Å². The minimum absolute atomic E-state index is 0.0218. The summed E-state index contributed by atoms with van der Waals surface area (Å²) in [5.41, 5.74) is -1.09. The number of carbonyl (C=O) groups excluding carboxylic acids is 3. The van der Waals surface area contributed by atoms with Crippen LogP contribution in [0.25, 0.3) is 0 Å². The molecule has 0 aromatic heterocycles. The van der Waals surface area contributed by atoms with Crippen molar-refractivity contribution in [3.05, 3.63) is 12.2 Å². The fourth-order valence-electron chi connectivity index (χ4n) is 6.33. The molecule has 2 saturated heterocycles. The molecule has 6 nitrogen and oxygen atoms in total.